The van der Waals surface area contributed by atoms with Gasteiger partial charge in [0.1, 0.15) is 12.4 Å². The highest BCUT2D eigenvalue weighted by molar-refractivity contribution is 5.65. The Morgan fingerprint density at radius 2 is 1.86 bits per heavy atom. The van der Waals surface area contributed by atoms with E-state index in [1.807, 2.05) is 38.4 Å². The van der Waals surface area contributed by atoms with Gasteiger partial charge in [0.15, 0.2) is 5.82 Å². The minimum Gasteiger partial charge on any atom is -0.490 e. The van der Waals surface area contributed by atoms with Crippen LogP contribution in [-0.2, 0) is 4.74 Å². The fraction of sp³-hybridized carbons (Fsp3) is 0.357. The number of nitrogens with two attached hydrogens (primary N) is 1. The molecule has 0 radical (unpaired) electrons. The number of benzene rings is 1. The van der Waals surface area contributed by atoms with E-state index in [9.17, 15) is 0 Å². The third kappa shape index (κ3) is 3.79. The first kappa shape index (κ1) is 15.0. The Morgan fingerprint density at radius 3 is 2.57 bits per heavy atom. The predicted molar refractivity (Wildman–Crippen MR) is 81.4 cm³/mol. The highest BCUT2D eigenvalue weighted by Gasteiger charge is 2.12. The normalized spacial score (nSPS) is 10.4. The quantitative estimate of drug-likeness (QED) is 0.800. The van der Waals surface area contributed by atoms with Gasteiger partial charge in [0.2, 0.25) is 11.9 Å². The second-order valence-corrected chi connectivity index (χ2v) is 4.55. The Labute approximate surface area is 123 Å². The first-order valence-corrected chi connectivity index (χ1v) is 6.52. The Bertz CT molecular complexity index is 604. The first-order chi connectivity index (χ1) is 10.1. The summed E-state index contributed by atoms with van der Waals surface area (Å²) in [5.74, 6) is 1.85. The van der Waals surface area contributed by atoms with Gasteiger partial charge in [0.05, 0.1) is 12.2 Å². The monoisotopic (exact) mass is 289 g/mol. The molecule has 1 aromatic carbocycles. The summed E-state index contributed by atoms with van der Waals surface area (Å²) in [6, 6.07) is 7.54. The first-order valence-electron chi connectivity index (χ1n) is 6.52. The molecule has 0 fully saturated rings. The maximum absolute atomic E-state index is 5.76. The van der Waals surface area contributed by atoms with Crippen molar-refractivity contribution in [3.8, 4) is 17.1 Å². The van der Waals surface area contributed by atoms with E-state index >= 15 is 0 Å². The van der Waals surface area contributed by atoms with Crippen LogP contribution in [0, 0.1) is 0 Å². The molecule has 0 aliphatic rings. The number of hydrogen-bond acceptors (Lipinski definition) is 7. The van der Waals surface area contributed by atoms with Crippen LogP contribution in [0.2, 0.25) is 0 Å². The molecule has 0 atom stereocenters. The van der Waals surface area contributed by atoms with Crippen molar-refractivity contribution in [2.45, 2.75) is 0 Å². The maximum atomic E-state index is 5.76. The van der Waals surface area contributed by atoms with Crippen molar-refractivity contribution in [1.29, 1.82) is 0 Å². The van der Waals surface area contributed by atoms with Crippen LogP contribution in [0.3, 0.4) is 0 Å². The molecule has 0 aliphatic carbocycles. The van der Waals surface area contributed by atoms with Crippen LogP contribution < -0.4 is 15.4 Å². The van der Waals surface area contributed by atoms with Gasteiger partial charge in [0.25, 0.3) is 0 Å². The zero-order chi connectivity index (χ0) is 15.2. The van der Waals surface area contributed by atoms with Gasteiger partial charge in [-0.3, -0.25) is 0 Å². The summed E-state index contributed by atoms with van der Waals surface area (Å²) in [4.78, 5) is 14.5. The van der Waals surface area contributed by atoms with E-state index in [-0.39, 0.29) is 5.95 Å². The van der Waals surface area contributed by atoms with E-state index in [4.69, 9.17) is 15.2 Å². The van der Waals surface area contributed by atoms with Crippen LogP contribution >= 0.6 is 0 Å². The van der Waals surface area contributed by atoms with Crippen molar-refractivity contribution in [1.82, 2.24) is 15.0 Å². The van der Waals surface area contributed by atoms with Gasteiger partial charge in [-0.05, 0) is 12.1 Å². The van der Waals surface area contributed by atoms with Crippen LogP contribution in [0.1, 0.15) is 0 Å². The molecule has 21 heavy (non-hydrogen) atoms. The molecular formula is C14H19N5O2. The molecule has 2 rings (SSSR count). The Kier molecular flexibility index (Phi) is 4.89. The molecule has 0 saturated carbocycles. The van der Waals surface area contributed by atoms with Gasteiger partial charge in [-0.25, -0.2) is 0 Å². The van der Waals surface area contributed by atoms with Gasteiger partial charge >= 0.3 is 0 Å². The standard InChI is InChI=1S/C14H19N5O2/c1-19(2)14-17-12(16-13(15)18-14)10-6-4-5-7-11(10)21-9-8-20-3/h4-7H,8-9H2,1-3H3,(H2,15,16,17,18). The lowest BCUT2D eigenvalue weighted by atomic mass is 10.2. The summed E-state index contributed by atoms with van der Waals surface area (Å²) in [5, 5.41) is 0. The van der Waals surface area contributed by atoms with E-state index in [2.05, 4.69) is 15.0 Å². The fourth-order valence-electron chi connectivity index (χ4n) is 1.71. The molecule has 0 saturated heterocycles. The number of methoxy groups -OCH3 is 1. The van der Waals surface area contributed by atoms with Crippen LogP contribution in [0.4, 0.5) is 11.9 Å². The Hall–Kier alpha value is -2.41. The highest BCUT2D eigenvalue weighted by atomic mass is 16.5. The number of nitrogen functional groups attached to an aromatic ring is 1. The average molecular weight is 289 g/mol. The van der Waals surface area contributed by atoms with E-state index in [0.29, 0.717) is 30.7 Å². The molecule has 0 spiro atoms. The summed E-state index contributed by atoms with van der Waals surface area (Å²) in [7, 11) is 5.32. The second kappa shape index (κ2) is 6.85. The Morgan fingerprint density at radius 1 is 1.10 bits per heavy atom. The predicted octanol–water partition coefficient (Wildman–Crippen LogP) is 1.21. The van der Waals surface area contributed by atoms with Crippen molar-refractivity contribution < 1.29 is 9.47 Å². The molecule has 0 aliphatic heterocycles. The third-order valence-electron chi connectivity index (χ3n) is 2.71. The number of hydrogen-bond donors (Lipinski definition) is 1. The summed E-state index contributed by atoms with van der Waals surface area (Å²) in [6.45, 7) is 0.964. The molecule has 1 heterocycles. The number of ether oxygens (including phenoxy) is 2. The zero-order valence-electron chi connectivity index (χ0n) is 12.4. The fourth-order valence-corrected chi connectivity index (χ4v) is 1.71. The van der Waals surface area contributed by atoms with Crippen molar-refractivity contribution in [2.75, 3.05) is 45.1 Å². The SMILES string of the molecule is COCCOc1ccccc1-c1nc(N)nc(N(C)C)n1. The summed E-state index contributed by atoms with van der Waals surface area (Å²) >= 11 is 0. The largest absolute Gasteiger partial charge is 0.490 e. The van der Waals surface area contributed by atoms with Crippen molar-refractivity contribution >= 4 is 11.9 Å². The van der Waals surface area contributed by atoms with Crippen molar-refractivity contribution in [3.63, 3.8) is 0 Å². The molecule has 7 heteroatoms. The second-order valence-electron chi connectivity index (χ2n) is 4.55. The summed E-state index contributed by atoms with van der Waals surface area (Å²) in [5.41, 5.74) is 6.53. The minimum absolute atomic E-state index is 0.176. The summed E-state index contributed by atoms with van der Waals surface area (Å²) < 4.78 is 10.7. The van der Waals surface area contributed by atoms with Crippen LogP contribution in [0.25, 0.3) is 11.4 Å². The van der Waals surface area contributed by atoms with Gasteiger partial charge < -0.3 is 20.1 Å². The molecular weight excluding hydrogens is 270 g/mol. The summed E-state index contributed by atoms with van der Waals surface area (Å²) in [6.07, 6.45) is 0. The van der Waals surface area contributed by atoms with Crippen LogP contribution in [0.15, 0.2) is 24.3 Å². The number of anilines is 2. The number of para-hydroxylation sites is 1. The van der Waals surface area contributed by atoms with Gasteiger partial charge in [-0.1, -0.05) is 12.1 Å². The molecule has 0 unspecified atom stereocenters. The van der Waals surface area contributed by atoms with Gasteiger partial charge in [-0.2, -0.15) is 15.0 Å². The topological polar surface area (TPSA) is 86.4 Å². The number of nitrogens with zero attached hydrogens (tertiary/aromatic N) is 4. The van der Waals surface area contributed by atoms with E-state index in [1.165, 1.54) is 0 Å². The molecule has 2 N–H and O–H groups in total. The molecule has 112 valence electrons. The number of aromatic nitrogens is 3. The number of rotatable bonds is 6. The lowest BCUT2D eigenvalue weighted by Crippen LogP contribution is -2.15. The lowest BCUT2D eigenvalue weighted by Gasteiger charge is -2.13. The highest BCUT2D eigenvalue weighted by Crippen LogP contribution is 2.28. The van der Waals surface area contributed by atoms with Gasteiger partial charge in [0, 0.05) is 21.2 Å². The molecule has 2 aromatic rings. The Balaban J connectivity index is 2.37. The lowest BCUT2D eigenvalue weighted by molar-refractivity contribution is 0.146. The van der Waals surface area contributed by atoms with Crippen molar-refractivity contribution in [2.24, 2.45) is 0 Å². The molecule has 7 nitrogen and oxygen atoms in total. The minimum atomic E-state index is 0.176. The molecule has 0 amide bonds. The third-order valence-corrected chi connectivity index (χ3v) is 2.71. The zero-order valence-corrected chi connectivity index (χ0v) is 12.4. The van der Waals surface area contributed by atoms with Crippen LogP contribution in [-0.4, -0.2) is 49.4 Å². The van der Waals surface area contributed by atoms with E-state index < -0.39 is 0 Å². The van der Waals surface area contributed by atoms with Crippen molar-refractivity contribution in [3.05, 3.63) is 24.3 Å². The molecule has 0 bridgehead atoms. The smallest absolute Gasteiger partial charge is 0.230 e. The van der Waals surface area contributed by atoms with E-state index in [1.54, 1.807) is 12.0 Å². The maximum Gasteiger partial charge on any atom is 0.230 e. The molecule has 1 aromatic heterocycles. The van der Waals surface area contributed by atoms with Crippen LogP contribution in [0.5, 0.6) is 5.75 Å². The van der Waals surface area contributed by atoms with E-state index in [0.717, 1.165) is 5.56 Å². The van der Waals surface area contributed by atoms with Gasteiger partial charge in [-0.15, -0.1) is 0 Å². The average Bonchev–Trinajstić information content (AvgIpc) is 2.47.